The van der Waals surface area contributed by atoms with E-state index in [2.05, 4.69) is 4.98 Å². The largest absolute Gasteiger partial charge is 0.322 e. The summed E-state index contributed by atoms with van der Waals surface area (Å²) in [6.07, 6.45) is 0. The van der Waals surface area contributed by atoms with Crippen LogP contribution >= 0.6 is 0 Å². The summed E-state index contributed by atoms with van der Waals surface area (Å²) in [5.41, 5.74) is 4.21. The molecule has 0 fully saturated rings. The van der Waals surface area contributed by atoms with Crippen molar-refractivity contribution in [1.82, 2.24) is 4.98 Å². The van der Waals surface area contributed by atoms with Crippen LogP contribution in [-0.2, 0) is 11.3 Å². The van der Waals surface area contributed by atoms with Crippen molar-refractivity contribution in [1.29, 1.82) is 0 Å². The van der Waals surface area contributed by atoms with Crippen LogP contribution in [0.15, 0.2) is 53.3 Å². The first-order valence-electron chi connectivity index (χ1n) is 7.91. The summed E-state index contributed by atoms with van der Waals surface area (Å²) in [5, 5.41) is 0.970. The summed E-state index contributed by atoms with van der Waals surface area (Å²) in [5.74, 6) is -0.0932. The number of benzene rings is 2. The van der Waals surface area contributed by atoms with Crippen LogP contribution in [0.4, 0.5) is 5.69 Å². The summed E-state index contributed by atoms with van der Waals surface area (Å²) in [6, 6.07) is 15.5. The molecule has 1 aromatic heterocycles. The predicted octanol–water partition coefficient (Wildman–Crippen LogP) is 3.70. The molecule has 0 aliphatic carbocycles. The SMILES string of the molecule is CC(=O)N(Cc1cc2cc(C)ccc2[nH]c1=O)c1cccc(C)c1. The molecule has 1 N–H and O–H groups in total. The monoisotopic (exact) mass is 320 g/mol. The standard InChI is InChI=1S/C20H20N2O2/c1-13-5-4-6-18(10-13)22(15(3)23)12-17-11-16-9-14(2)7-8-19(16)21-20(17)24/h4-11H,12H2,1-3H3,(H,21,24). The van der Waals surface area contributed by atoms with Crippen LogP contribution in [0.2, 0.25) is 0 Å². The van der Waals surface area contributed by atoms with Crippen LogP contribution in [0.5, 0.6) is 0 Å². The number of aromatic amines is 1. The van der Waals surface area contributed by atoms with E-state index in [0.29, 0.717) is 5.56 Å². The molecule has 4 heteroatoms. The maximum absolute atomic E-state index is 12.4. The fourth-order valence-electron chi connectivity index (χ4n) is 2.84. The Bertz CT molecular complexity index is 973. The fraction of sp³-hybridized carbons (Fsp3) is 0.200. The predicted molar refractivity (Wildman–Crippen MR) is 97.3 cm³/mol. The summed E-state index contributed by atoms with van der Waals surface area (Å²) in [6.45, 7) is 5.76. The van der Waals surface area contributed by atoms with Gasteiger partial charge in [0.25, 0.3) is 5.56 Å². The normalized spacial score (nSPS) is 10.8. The maximum Gasteiger partial charge on any atom is 0.253 e. The van der Waals surface area contributed by atoms with Crippen LogP contribution in [0.3, 0.4) is 0 Å². The molecule has 0 atom stereocenters. The Balaban J connectivity index is 2.04. The summed E-state index contributed by atoms with van der Waals surface area (Å²) in [7, 11) is 0. The van der Waals surface area contributed by atoms with Crippen molar-refractivity contribution in [2.24, 2.45) is 0 Å². The number of aryl methyl sites for hydroxylation is 2. The van der Waals surface area contributed by atoms with Crippen molar-refractivity contribution in [2.75, 3.05) is 4.90 Å². The summed E-state index contributed by atoms with van der Waals surface area (Å²) >= 11 is 0. The Kier molecular flexibility index (Phi) is 4.21. The number of nitrogens with one attached hydrogen (secondary N) is 1. The molecule has 0 aliphatic heterocycles. The molecule has 3 aromatic rings. The van der Waals surface area contributed by atoms with Crippen LogP contribution in [0, 0.1) is 13.8 Å². The molecule has 0 spiro atoms. The molecule has 3 rings (SSSR count). The average Bonchev–Trinajstić information content (AvgIpc) is 2.52. The highest BCUT2D eigenvalue weighted by Gasteiger charge is 2.15. The second-order valence-electron chi connectivity index (χ2n) is 6.16. The number of carbonyl (C=O) groups excluding carboxylic acids is 1. The minimum Gasteiger partial charge on any atom is -0.322 e. The molecule has 0 saturated carbocycles. The molecule has 0 unspecified atom stereocenters. The van der Waals surface area contributed by atoms with Crippen molar-refractivity contribution < 1.29 is 4.79 Å². The van der Waals surface area contributed by atoms with Crippen molar-refractivity contribution in [3.8, 4) is 0 Å². The van der Waals surface area contributed by atoms with Crippen molar-refractivity contribution in [2.45, 2.75) is 27.3 Å². The number of pyridine rings is 1. The molecule has 2 aromatic carbocycles. The van der Waals surface area contributed by atoms with Crippen LogP contribution in [-0.4, -0.2) is 10.9 Å². The molecule has 0 saturated heterocycles. The lowest BCUT2D eigenvalue weighted by atomic mass is 10.1. The van der Waals surface area contributed by atoms with E-state index in [9.17, 15) is 9.59 Å². The van der Waals surface area contributed by atoms with E-state index >= 15 is 0 Å². The quantitative estimate of drug-likeness (QED) is 0.800. The molecular formula is C20H20N2O2. The van der Waals surface area contributed by atoms with E-state index in [0.717, 1.165) is 27.7 Å². The van der Waals surface area contributed by atoms with Crippen molar-refractivity contribution in [3.05, 3.63) is 75.6 Å². The first-order valence-corrected chi connectivity index (χ1v) is 7.91. The van der Waals surface area contributed by atoms with Crippen molar-refractivity contribution >= 4 is 22.5 Å². The Morgan fingerprint density at radius 1 is 1.04 bits per heavy atom. The lowest BCUT2D eigenvalue weighted by Crippen LogP contribution is -2.30. The van der Waals surface area contributed by atoms with Gasteiger partial charge in [-0.05, 0) is 55.1 Å². The molecule has 0 aliphatic rings. The van der Waals surface area contributed by atoms with Gasteiger partial charge >= 0.3 is 0 Å². The number of fused-ring (bicyclic) bond motifs is 1. The smallest absolute Gasteiger partial charge is 0.253 e. The van der Waals surface area contributed by atoms with Gasteiger partial charge in [-0.3, -0.25) is 9.59 Å². The van der Waals surface area contributed by atoms with Gasteiger partial charge in [-0.1, -0.05) is 23.8 Å². The van der Waals surface area contributed by atoms with Gasteiger partial charge < -0.3 is 9.88 Å². The van der Waals surface area contributed by atoms with Gasteiger partial charge in [0.15, 0.2) is 0 Å². The van der Waals surface area contributed by atoms with E-state index < -0.39 is 0 Å². The Labute approximate surface area is 140 Å². The number of carbonyl (C=O) groups is 1. The molecule has 1 heterocycles. The maximum atomic E-state index is 12.4. The fourth-order valence-corrected chi connectivity index (χ4v) is 2.84. The Morgan fingerprint density at radius 2 is 1.79 bits per heavy atom. The summed E-state index contributed by atoms with van der Waals surface area (Å²) < 4.78 is 0. The molecule has 0 radical (unpaired) electrons. The lowest BCUT2D eigenvalue weighted by Gasteiger charge is -2.21. The number of hydrogen-bond acceptors (Lipinski definition) is 2. The van der Waals surface area contributed by atoms with E-state index in [-0.39, 0.29) is 18.0 Å². The summed E-state index contributed by atoms with van der Waals surface area (Å²) in [4.78, 5) is 29.0. The third kappa shape index (κ3) is 3.23. The van der Waals surface area contributed by atoms with Gasteiger partial charge in [0.1, 0.15) is 0 Å². The van der Waals surface area contributed by atoms with E-state index in [4.69, 9.17) is 0 Å². The number of anilines is 1. The molecule has 1 amide bonds. The molecule has 24 heavy (non-hydrogen) atoms. The second kappa shape index (κ2) is 6.32. The number of amides is 1. The minimum atomic E-state index is -0.162. The lowest BCUT2D eigenvalue weighted by molar-refractivity contribution is -0.116. The highest BCUT2D eigenvalue weighted by molar-refractivity contribution is 5.91. The van der Waals surface area contributed by atoms with Crippen LogP contribution in [0.1, 0.15) is 23.6 Å². The highest BCUT2D eigenvalue weighted by Crippen LogP contribution is 2.20. The van der Waals surface area contributed by atoms with E-state index in [1.807, 2.05) is 62.4 Å². The zero-order chi connectivity index (χ0) is 17.3. The third-order valence-electron chi connectivity index (χ3n) is 4.10. The van der Waals surface area contributed by atoms with Crippen molar-refractivity contribution in [3.63, 3.8) is 0 Å². The van der Waals surface area contributed by atoms with Gasteiger partial charge in [-0.25, -0.2) is 0 Å². The van der Waals surface area contributed by atoms with E-state index in [1.54, 1.807) is 4.90 Å². The average molecular weight is 320 g/mol. The molecule has 122 valence electrons. The number of rotatable bonds is 3. The number of nitrogens with zero attached hydrogens (tertiary/aromatic N) is 1. The first kappa shape index (κ1) is 16.0. The highest BCUT2D eigenvalue weighted by atomic mass is 16.2. The Hall–Kier alpha value is -2.88. The topological polar surface area (TPSA) is 53.2 Å². The zero-order valence-electron chi connectivity index (χ0n) is 14.1. The molecule has 4 nitrogen and oxygen atoms in total. The number of aromatic nitrogens is 1. The molecule has 0 bridgehead atoms. The zero-order valence-corrected chi connectivity index (χ0v) is 14.1. The van der Waals surface area contributed by atoms with Crippen LogP contribution < -0.4 is 10.5 Å². The van der Waals surface area contributed by atoms with Gasteiger partial charge in [0.05, 0.1) is 6.54 Å². The van der Waals surface area contributed by atoms with Gasteiger partial charge in [-0.2, -0.15) is 0 Å². The van der Waals surface area contributed by atoms with Gasteiger partial charge in [0, 0.05) is 23.7 Å². The minimum absolute atomic E-state index is 0.0932. The number of hydrogen-bond donors (Lipinski definition) is 1. The third-order valence-corrected chi connectivity index (χ3v) is 4.10. The first-order chi connectivity index (χ1) is 11.4. The Morgan fingerprint density at radius 3 is 2.50 bits per heavy atom. The van der Waals surface area contributed by atoms with Gasteiger partial charge in [0.2, 0.25) is 5.91 Å². The molecular weight excluding hydrogens is 300 g/mol. The van der Waals surface area contributed by atoms with Crippen LogP contribution in [0.25, 0.3) is 10.9 Å². The van der Waals surface area contributed by atoms with E-state index in [1.165, 1.54) is 6.92 Å². The second-order valence-corrected chi connectivity index (χ2v) is 6.16. The number of H-pyrrole nitrogens is 1. The van der Waals surface area contributed by atoms with Gasteiger partial charge in [-0.15, -0.1) is 0 Å².